The van der Waals surface area contributed by atoms with Crippen molar-refractivity contribution in [1.29, 1.82) is 0 Å². The van der Waals surface area contributed by atoms with Gasteiger partial charge in [-0.1, -0.05) is 17.7 Å². The molecule has 17 heavy (non-hydrogen) atoms. The van der Waals surface area contributed by atoms with Gasteiger partial charge in [0.15, 0.2) is 0 Å². The largest absolute Gasteiger partial charge is 0.469 e. The minimum atomic E-state index is -0.564. The van der Waals surface area contributed by atoms with E-state index in [9.17, 15) is 4.79 Å². The van der Waals surface area contributed by atoms with E-state index in [1.54, 1.807) is 18.2 Å². The lowest BCUT2D eigenvalue weighted by Gasteiger charge is -2.21. The summed E-state index contributed by atoms with van der Waals surface area (Å²) in [7, 11) is 1.39. The number of carbonyl (C=O) groups is 1. The third kappa shape index (κ3) is 3.54. The van der Waals surface area contributed by atoms with E-state index in [0.29, 0.717) is 16.5 Å². The van der Waals surface area contributed by atoms with Gasteiger partial charge in [-0.05, 0) is 26.0 Å². The molecular formula is C12H16ClNO2S. The van der Waals surface area contributed by atoms with Gasteiger partial charge in [0, 0.05) is 16.3 Å². The van der Waals surface area contributed by atoms with Gasteiger partial charge in [0.1, 0.15) is 0 Å². The first-order valence-corrected chi connectivity index (χ1v) is 6.50. The Bertz CT molecular complexity index is 401. The summed E-state index contributed by atoms with van der Waals surface area (Å²) in [4.78, 5) is 12.3. The summed E-state index contributed by atoms with van der Waals surface area (Å²) in [6, 6.07) is 5.37. The van der Waals surface area contributed by atoms with Crippen LogP contribution in [0.4, 0.5) is 5.69 Å². The molecule has 2 N–H and O–H groups in total. The Hall–Kier alpha value is -0.870. The summed E-state index contributed by atoms with van der Waals surface area (Å²) < 4.78 is 4.75. The Morgan fingerprint density at radius 1 is 1.53 bits per heavy atom. The summed E-state index contributed by atoms with van der Waals surface area (Å²) in [6.07, 6.45) is 0. The lowest BCUT2D eigenvalue weighted by atomic mass is 9.97. The molecule has 94 valence electrons. The highest BCUT2D eigenvalue weighted by Gasteiger charge is 2.29. The van der Waals surface area contributed by atoms with Crippen molar-refractivity contribution in [1.82, 2.24) is 0 Å². The van der Waals surface area contributed by atoms with Crippen molar-refractivity contribution in [3.8, 4) is 0 Å². The number of nitrogens with two attached hydrogens (primary N) is 1. The SMILES string of the molecule is COC(=O)C(C)(C)CSc1c(N)cccc1Cl. The first kappa shape index (κ1) is 14.2. The van der Waals surface area contributed by atoms with E-state index in [2.05, 4.69) is 0 Å². The molecule has 1 aromatic rings. The molecular weight excluding hydrogens is 258 g/mol. The van der Waals surface area contributed by atoms with Crippen LogP contribution in [0.5, 0.6) is 0 Å². The van der Waals surface area contributed by atoms with Crippen molar-refractivity contribution in [3.05, 3.63) is 23.2 Å². The lowest BCUT2D eigenvalue weighted by molar-refractivity contribution is -0.149. The molecule has 1 rings (SSSR count). The number of anilines is 1. The molecule has 0 aliphatic carbocycles. The van der Waals surface area contributed by atoms with Crippen molar-refractivity contribution >= 4 is 35.0 Å². The van der Waals surface area contributed by atoms with E-state index in [-0.39, 0.29) is 5.97 Å². The molecule has 0 spiro atoms. The Morgan fingerprint density at radius 3 is 2.71 bits per heavy atom. The number of rotatable bonds is 4. The normalized spacial score (nSPS) is 11.3. The van der Waals surface area contributed by atoms with Crippen molar-refractivity contribution in [2.24, 2.45) is 5.41 Å². The number of methoxy groups -OCH3 is 1. The third-order valence-electron chi connectivity index (χ3n) is 2.31. The van der Waals surface area contributed by atoms with Gasteiger partial charge in [-0.2, -0.15) is 0 Å². The van der Waals surface area contributed by atoms with Crippen LogP contribution in [0.3, 0.4) is 0 Å². The highest BCUT2D eigenvalue weighted by Crippen LogP contribution is 2.36. The molecule has 0 bridgehead atoms. The van der Waals surface area contributed by atoms with Gasteiger partial charge >= 0.3 is 5.97 Å². The zero-order chi connectivity index (χ0) is 13.1. The van der Waals surface area contributed by atoms with Crippen LogP contribution in [-0.2, 0) is 9.53 Å². The van der Waals surface area contributed by atoms with E-state index in [4.69, 9.17) is 22.1 Å². The first-order chi connectivity index (χ1) is 7.88. The minimum absolute atomic E-state index is 0.240. The van der Waals surface area contributed by atoms with Gasteiger partial charge in [-0.3, -0.25) is 4.79 Å². The van der Waals surface area contributed by atoms with Crippen LogP contribution in [0.2, 0.25) is 5.02 Å². The van der Waals surface area contributed by atoms with E-state index in [1.165, 1.54) is 18.9 Å². The second-order valence-corrected chi connectivity index (χ2v) is 5.72. The summed E-state index contributed by atoms with van der Waals surface area (Å²) in [5.41, 5.74) is 5.90. The quantitative estimate of drug-likeness (QED) is 0.520. The maximum Gasteiger partial charge on any atom is 0.312 e. The average molecular weight is 274 g/mol. The number of hydrogen-bond donors (Lipinski definition) is 1. The number of halogens is 1. The molecule has 0 atom stereocenters. The maximum atomic E-state index is 11.5. The summed E-state index contributed by atoms with van der Waals surface area (Å²) >= 11 is 7.52. The van der Waals surface area contributed by atoms with Gasteiger partial charge in [-0.15, -0.1) is 11.8 Å². The van der Waals surface area contributed by atoms with Crippen molar-refractivity contribution in [2.75, 3.05) is 18.6 Å². The number of ether oxygens (including phenoxy) is 1. The number of nitrogen functional groups attached to an aromatic ring is 1. The second-order valence-electron chi connectivity index (χ2n) is 4.32. The fraction of sp³-hybridized carbons (Fsp3) is 0.417. The van der Waals surface area contributed by atoms with Gasteiger partial charge in [0.25, 0.3) is 0 Å². The average Bonchev–Trinajstić information content (AvgIpc) is 2.27. The smallest absolute Gasteiger partial charge is 0.312 e. The molecule has 0 amide bonds. The molecule has 0 unspecified atom stereocenters. The Balaban J connectivity index is 2.77. The van der Waals surface area contributed by atoms with Crippen LogP contribution in [0.15, 0.2) is 23.1 Å². The van der Waals surface area contributed by atoms with Crippen LogP contribution in [0.1, 0.15) is 13.8 Å². The Morgan fingerprint density at radius 2 is 2.18 bits per heavy atom. The Kier molecular flexibility index (Phi) is 4.71. The topological polar surface area (TPSA) is 52.3 Å². The molecule has 0 aliphatic rings. The van der Waals surface area contributed by atoms with Gasteiger partial charge in [0.2, 0.25) is 0 Å². The molecule has 0 fully saturated rings. The first-order valence-electron chi connectivity index (χ1n) is 5.13. The van der Waals surface area contributed by atoms with Crippen LogP contribution >= 0.6 is 23.4 Å². The zero-order valence-electron chi connectivity index (χ0n) is 10.1. The summed E-state index contributed by atoms with van der Waals surface area (Å²) in [5, 5.41) is 0.607. The second kappa shape index (κ2) is 5.65. The van der Waals surface area contributed by atoms with Crippen LogP contribution < -0.4 is 5.73 Å². The lowest BCUT2D eigenvalue weighted by Crippen LogP contribution is -2.28. The van der Waals surface area contributed by atoms with Crippen molar-refractivity contribution < 1.29 is 9.53 Å². The molecule has 0 saturated carbocycles. The number of esters is 1. The monoisotopic (exact) mass is 273 g/mol. The van der Waals surface area contributed by atoms with Gasteiger partial charge in [0.05, 0.1) is 17.5 Å². The van der Waals surface area contributed by atoms with E-state index >= 15 is 0 Å². The Labute approximate surface area is 111 Å². The van der Waals surface area contributed by atoms with Crippen molar-refractivity contribution in [2.45, 2.75) is 18.7 Å². The fourth-order valence-corrected chi connectivity index (χ4v) is 2.67. The molecule has 0 saturated heterocycles. The fourth-order valence-electron chi connectivity index (χ4n) is 1.27. The standard InChI is InChI=1S/C12H16ClNO2S/c1-12(2,11(15)16-3)7-17-10-8(13)5-4-6-9(10)14/h4-6H,7,14H2,1-3H3. The highest BCUT2D eigenvalue weighted by molar-refractivity contribution is 7.99. The predicted octanol–water partition coefficient (Wildman–Crippen LogP) is 3.21. The van der Waals surface area contributed by atoms with Crippen LogP contribution in [-0.4, -0.2) is 18.8 Å². The molecule has 0 aliphatic heterocycles. The third-order valence-corrected chi connectivity index (χ3v) is 4.35. The molecule has 0 heterocycles. The number of thioether (sulfide) groups is 1. The molecule has 1 aromatic carbocycles. The summed E-state index contributed by atoms with van der Waals surface area (Å²) in [5.74, 6) is 0.323. The van der Waals surface area contributed by atoms with E-state index in [1.807, 2.05) is 13.8 Å². The summed E-state index contributed by atoms with van der Waals surface area (Å²) in [6.45, 7) is 3.66. The molecule has 0 aromatic heterocycles. The van der Waals surface area contributed by atoms with Gasteiger partial charge < -0.3 is 10.5 Å². The zero-order valence-corrected chi connectivity index (χ0v) is 11.7. The van der Waals surface area contributed by atoms with Crippen LogP contribution in [0.25, 0.3) is 0 Å². The van der Waals surface area contributed by atoms with Gasteiger partial charge in [-0.25, -0.2) is 0 Å². The molecule has 0 radical (unpaired) electrons. The van der Waals surface area contributed by atoms with E-state index < -0.39 is 5.41 Å². The highest BCUT2D eigenvalue weighted by atomic mass is 35.5. The number of hydrogen-bond acceptors (Lipinski definition) is 4. The minimum Gasteiger partial charge on any atom is -0.469 e. The molecule has 3 nitrogen and oxygen atoms in total. The van der Waals surface area contributed by atoms with Crippen molar-refractivity contribution in [3.63, 3.8) is 0 Å². The van der Waals surface area contributed by atoms with E-state index in [0.717, 1.165) is 4.90 Å². The maximum absolute atomic E-state index is 11.5. The number of carbonyl (C=O) groups excluding carboxylic acids is 1. The molecule has 5 heteroatoms. The number of benzene rings is 1. The predicted molar refractivity (Wildman–Crippen MR) is 72.4 cm³/mol. The van der Waals surface area contributed by atoms with Crippen LogP contribution in [0, 0.1) is 5.41 Å².